The van der Waals surface area contributed by atoms with E-state index in [1.165, 1.54) is 0 Å². The molecule has 2 atom stereocenters. The average molecular weight is 462 g/mol. The molecule has 2 aliphatic rings. The lowest BCUT2D eigenvalue weighted by atomic mass is 10.0. The topological polar surface area (TPSA) is 95.2 Å². The van der Waals surface area contributed by atoms with Crippen molar-refractivity contribution in [3.8, 4) is 11.4 Å². The standard InChI is InChI=1S/C25H31N7O2/c1-15(2)20-14-34-12-10-32(20)25-29-23-21(24(30-25)31-9-11-33-13-16(31)3)27-22(28-23)18-5-4-6-19-17(18)7-8-26-19/h4-8,15-16,20,26H,9-14H2,1-3H3,(H,27,28,29,30). The second-order valence-electron chi connectivity index (χ2n) is 9.57. The van der Waals surface area contributed by atoms with Gasteiger partial charge in [-0.05, 0) is 25.0 Å². The van der Waals surface area contributed by atoms with Crippen molar-refractivity contribution in [3.05, 3.63) is 30.5 Å². The number of ether oxygens (including phenoxy) is 2. The summed E-state index contributed by atoms with van der Waals surface area (Å²) in [5.74, 6) is 2.84. The van der Waals surface area contributed by atoms with E-state index in [1.54, 1.807) is 0 Å². The number of aromatic nitrogens is 5. The number of nitrogens with zero attached hydrogens (tertiary/aromatic N) is 5. The summed E-state index contributed by atoms with van der Waals surface area (Å²) < 4.78 is 11.5. The van der Waals surface area contributed by atoms with Crippen LogP contribution in [0.4, 0.5) is 11.8 Å². The maximum absolute atomic E-state index is 5.79. The minimum atomic E-state index is 0.213. The van der Waals surface area contributed by atoms with Crippen molar-refractivity contribution in [2.24, 2.45) is 5.92 Å². The number of H-pyrrole nitrogens is 2. The fourth-order valence-corrected chi connectivity index (χ4v) is 5.09. The molecule has 0 aliphatic carbocycles. The minimum absolute atomic E-state index is 0.213. The van der Waals surface area contributed by atoms with Crippen LogP contribution in [0, 0.1) is 5.92 Å². The van der Waals surface area contributed by atoms with E-state index in [-0.39, 0.29) is 12.1 Å². The number of nitrogens with one attached hydrogen (secondary N) is 2. The highest BCUT2D eigenvalue weighted by Gasteiger charge is 2.31. The summed E-state index contributed by atoms with van der Waals surface area (Å²) in [5, 5.41) is 1.13. The Balaban J connectivity index is 1.52. The molecule has 2 fully saturated rings. The van der Waals surface area contributed by atoms with Crippen LogP contribution in [0.15, 0.2) is 30.5 Å². The Morgan fingerprint density at radius 1 is 1.00 bits per heavy atom. The summed E-state index contributed by atoms with van der Waals surface area (Å²) in [4.78, 5) is 26.6. The van der Waals surface area contributed by atoms with E-state index >= 15 is 0 Å². The van der Waals surface area contributed by atoms with Crippen LogP contribution in [0.2, 0.25) is 0 Å². The third-order valence-electron chi connectivity index (χ3n) is 7.00. The van der Waals surface area contributed by atoms with Crippen LogP contribution >= 0.6 is 0 Å². The van der Waals surface area contributed by atoms with Crippen LogP contribution in [-0.2, 0) is 9.47 Å². The molecular weight excluding hydrogens is 430 g/mol. The molecule has 6 rings (SSSR count). The second kappa shape index (κ2) is 8.56. The van der Waals surface area contributed by atoms with E-state index in [2.05, 4.69) is 58.7 Å². The molecule has 2 saturated heterocycles. The van der Waals surface area contributed by atoms with Gasteiger partial charge < -0.3 is 29.2 Å². The third kappa shape index (κ3) is 3.59. The molecule has 1 aromatic carbocycles. The zero-order valence-corrected chi connectivity index (χ0v) is 19.9. The highest BCUT2D eigenvalue weighted by Crippen LogP contribution is 2.33. The zero-order chi connectivity index (χ0) is 23.2. The Hall–Kier alpha value is -3.17. The minimum Gasteiger partial charge on any atom is -0.377 e. The van der Waals surface area contributed by atoms with Gasteiger partial charge in [0.25, 0.3) is 0 Å². The summed E-state index contributed by atoms with van der Waals surface area (Å²) >= 11 is 0. The van der Waals surface area contributed by atoms with Crippen molar-refractivity contribution >= 4 is 33.8 Å². The molecule has 0 spiro atoms. The number of hydrogen-bond donors (Lipinski definition) is 2. The third-order valence-corrected chi connectivity index (χ3v) is 7.00. The number of benzene rings is 1. The second-order valence-corrected chi connectivity index (χ2v) is 9.57. The van der Waals surface area contributed by atoms with Crippen molar-refractivity contribution < 1.29 is 9.47 Å². The monoisotopic (exact) mass is 461 g/mol. The van der Waals surface area contributed by atoms with Gasteiger partial charge in [0.05, 0.1) is 38.5 Å². The van der Waals surface area contributed by atoms with Gasteiger partial charge in [0.2, 0.25) is 5.95 Å². The van der Waals surface area contributed by atoms with Crippen molar-refractivity contribution in [1.82, 2.24) is 24.9 Å². The average Bonchev–Trinajstić information content (AvgIpc) is 3.51. The molecule has 5 heterocycles. The van der Waals surface area contributed by atoms with Crippen molar-refractivity contribution in [1.29, 1.82) is 0 Å². The molecule has 0 amide bonds. The fourth-order valence-electron chi connectivity index (χ4n) is 5.09. The number of aromatic amines is 2. The largest absolute Gasteiger partial charge is 0.377 e. The molecule has 0 saturated carbocycles. The number of morpholine rings is 2. The van der Waals surface area contributed by atoms with Gasteiger partial charge >= 0.3 is 0 Å². The van der Waals surface area contributed by atoms with Gasteiger partial charge in [-0.3, -0.25) is 0 Å². The molecule has 3 aromatic heterocycles. The summed E-state index contributed by atoms with van der Waals surface area (Å²) in [6, 6.07) is 8.74. The lowest BCUT2D eigenvalue weighted by molar-refractivity contribution is 0.0797. The first-order valence-electron chi connectivity index (χ1n) is 12.1. The zero-order valence-electron chi connectivity index (χ0n) is 19.9. The van der Waals surface area contributed by atoms with Gasteiger partial charge in [0.1, 0.15) is 11.3 Å². The van der Waals surface area contributed by atoms with E-state index in [9.17, 15) is 0 Å². The number of imidazole rings is 1. The van der Waals surface area contributed by atoms with Gasteiger partial charge in [-0.2, -0.15) is 9.97 Å². The maximum Gasteiger partial charge on any atom is 0.229 e. The molecule has 178 valence electrons. The molecule has 9 heteroatoms. The quantitative estimate of drug-likeness (QED) is 0.480. The van der Waals surface area contributed by atoms with E-state index in [1.807, 2.05) is 12.3 Å². The van der Waals surface area contributed by atoms with E-state index in [4.69, 9.17) is 24.4 Å². The predicted octanol–water partition coefficient (Wildman–Crippen LogP) is 3.59. The lowest BCUT2D eigenvalue weighted by Gasteiger charge is -2.39. The first-order valence-corrected chi connectivity index (χ1v) is 12.1. The molecule has 2 unspecified atom stereocenters. The number of fused-ring (bicyclic) bond motifs is 2. The highest BCUT2D eigenvalue weighted by atomic mass is 16.5. The van der Waals surface area contributed by atoms with Crippen LogP contribution in [0.5, 0.6) is 0 Å². The Bertz CT molecular complexity index is 1310. The van der Waals surface area contributed by atoms with E-state index in [0.29, 0.717) is 38.0 Å². The van der Waals surface area contributed by atoms with E-state index in [0.717, 1.165) is 52.7 Å². The Morgan fingerprint density at radius 2 is 1.82 bits per heavy atom. The Kier molecular flexibility index (Phi) is 5.38. The van der Waals surface area contributed by atoms with Gasteiger partial charge in [0, 0.05) is 35.8 Å². The molecule has 2 N–H and O–H groups in total. The Morgan fingerprint density at radius 3 is 2.65 bits per heavy atom. The molecule has 0 bridgehead atoms. The van der Waals surface area contributed by atoms with Gasteiger partial charge in [-0.25, -0.2) is 4.98 Å². The summed E-state index contributed by atoms with van der Waals surface area (Å²) in [7, 11) is 0. The van der Waals surface area contributed by atoms with Crippen molar-refractivity contribution in [2.45, 2.75) is 32.9 Å². The SMILES string of the molecule is CC(C)C1COCCN1c1nc(N2CCOCC2C)c2[nH]c(-c3cccc4[nH]ccc34)nc2n1. The number of rotatable bonds is 4. The number of hydrogen-bond acceptors (Lipinski definition) is 7. The normalized spacial score (nSPS) is 21.8. The van der Waals surface area contributed by atoms with Crippen molar-refractivity contribution in [3.63, 3.8) is 0 Å². The number of anilines is 2. The summed E-state index contributed by atoms with van der Waals surface area (Å²) in [6.07, 6.45) is 1.96. The summed E-state index contributed by atoms with van der Waals surface area (Å²) in [6.45, 7) is 10.9. The molecule has 9 nitrogen and oxygen atoms in total. The van der Waals surface area contributed by atoms with E-state index < -0.39 is 0 Å². The van der Waals surface area contributed by atoms with Gasteiger partial charge in [0.15, 0.2) is 11.5 Å². The predicted molar refractivity (Wildman–Crippen MR) is 133 cm³/mol. The van der Waals surface area contributed by atoms with Gasteiger partial charge in [-0.15, -0.1) is 0 Å². The smallest absolute Gasteiger partial charge is 0.229 e. The molecule has 0 radical (unpaired) electrons. The first-order chi connectivity index (χ1) is 16.6. The Labute approximate surface area is 198 Å². The first kappa shape index (κ1) is 21.4. The van der Waals surface area contributed by atoms with Crippen LogP contribution in [0.1, 0.15) is 20.8 Å². The lowest BCUT2D eigenvalue weighted by Crippen LogP contribution is -2.49. The molecule has 4 aromatic rings. The van der Waals surface area contributed by atoms with Crippen molar-refractivity contribution in [2.75, 3.05) is 49.3 Å². The fraction of sp³-hybridized carbons (Fsp3) is 0.480. The van der Waals surface area contributed by atoms with Crippen LogP contribution in [-0.4, -0.2) is 76.5 Å². The van der Waals surface area contributed by atoms with Crippen LogP contribution in [0.25, 0.3) is 33.5 Å². The van der Waals surface area contributed by atoms with Crippen LogP contribution < -0.4 is 9.80 Å². The highest BCUT2D eigenvalue weighted by molar-refractivity contribution is 5.96. The summed E-state index contributed by atoms with van der Waals surface area (Å²) in [5.41, 5.74) is 3.69. The molecule has 34 heavy (non-hydrogen) atoms. The van der Waals surface area contributed by atoms with Crippen LogP contribution in [0.3, 0.4) is 0 Å². The molecular formula is C25H31N7O2. The van der Waals surface area contributed by atoms with Gasteiger partial charge in [-0.1, -0.05) is 26.0 Å². The maximum atomic E-state index is 5.79. The molecule has 2 aliphatic heterocycles.